The van der Waals surface area contributed by atoms with E-state index in [0.29, 0.717) is 12.8 Å². The Morgan fingerprint density at radius 2 is 2.00 bits per heavy atom. The summed E-state index contributed by atoms with van der Waals surface area (Å²) >= 11 is 1.46. The number of amides is 2. The Morgan fingerprint density at radius 3 is 2.55 bits per heavy atom. The third kappa shape index (κ3) is 8.35. The van der Waals surface area contributed by atoms with Crippen LogP contribution < -0.4 is 10.1 Å². The van der Waals surface area contributed by atoms with Gasteiger partial charge in [-0.1, -0.05) is 25.8 Å². The highest BCUT2D eigenvalue weighted by molar-refractivity contribution is 7.10. The number of benzene rings is 1. The van der Waals surface area contributed by atoms with Crippen molar-refractivity contribution in [3.8, 4) is 5.75 Å². The molecule has 2 atom stereocenters. The van der Waals surface area contributed by atoms with Crippen molar-refractivity contribution in [1.29, 1.82) is 0 Å². The minimum atomic E-state index is -1.06. The molecule has 0 bridgehead atoms. The number of nitrogens with one attached hydrogen (secondary N) is 1. The fourth-order valence-electron chi connectivity index (χ4n) is 3.36. The van der Waals surface area contributed by atoms with E-state index in [-0.39, 0.29) is 30.6 Å². The zero-order valence-electron chi connectivity index (χ0n) is 18.6. The summed E-state index contributed by atoms with van der Waals surface area (Å²) in [6.07, 6.45) is 0.995. The lowest BCUT2D eigenvalue weighted by Gasteiger charge is -2.32. The fourth-order valence-corrected chi connectivity index (χ4v) is 4.21. The molecule has 1 aromatic heterocycles. The molecule has 0 spiro atoms. The molecule has 2 N–H and O–H groups in total. The second kappa shape index (κ2) is 13.4. The van der Waals surface area contributed by atoms with Crippen molar-refractivity contribution in [3.05, 3.63) is 56.8 Å². The molecule has 11 heteroatoms. The molecule has 2 amide bonds. The predicted octanol–water partition coefficient (Wildman–Crippen LogP) is 5.06. The lowest BCUT2D eigenvalue weighted by molar-refractivity contribution is -0.384. The summed E-state index contributed by atoms with van der Waals surface area (Å²) in [5.74, 6) is 0.175. The highest BCUT2D eigenvalue weighted by Crippen LogP contribution is 2.31. The molecular formula is C22H29N3O7S. The molecule has 33 heavy (non-hydrogen) atoms. The largest absolute Gasteiger partial charge is 0.465 e. The van der Waals surface area contributed by atoms with Gasteiger partial charge in [0.05, 0.1) is 17.6 Å². The van der Waals surface area contributed by atoms with Crippen molar-refractivity contribution in [2.24, 2.45) is 0 Å². The van der Waals surface area contributed by atoms with Crippen LogP contribution in [0.25, 0.3) is 0 Å². The molecule has 1 unspecified atom stereocenters. The van der Waals surface area contributed by atoms with Crippen LogP contribution in [0.2, 0.25) is 0 Å². The Morgan fingerprint density at radius 1 is 1.27 bits per heavy atom. The molecule has 0 radical (unpaired) electrons. The summed E-state index contributed by atoms with van der Waals surface area (Å²) in [7, 11) is 1.51. The number of rotatable bonds is 13. The average molecular weight is 480 g/mol. The van der Waals surface area contributed by atoms with E-state index in [1.165, 1.54) is 47.6 Å². The average Bonchev–Trinajstić information content (AvgIpc) is 3.31. The molecule has 0 aliphatic heterocycles. The van der Waals surface area contributed by atoms with Gasteiger partial charge in [-0.3, -0.25) is 15.0 Å². The zero-order chi connectivity index (χ0) is 24.2. The normalized spacial score (nSPS) is 12.5. The van der Waals surface area contributed by atoms with Crippen LogP contribution in [0.15, 0.2) is 41.8 Å². The molecule has 0 aliphatic carbocycles. The van der Waals surface area contributed by atoms with Gasteiger partial charge in [0.25, 0.3) is 5.69 Å². The van der Waals surface area contributed by atoms with Gasteiger partial charge in [-0.05, 0) is 36.4 Å². The Bertz CT molecular complexity index is 890. The predicted molar refractivity (Wildman–Crippen MR) is 124 cm³/mol. The molecule has 1 aromatic carbocycles. The van der Waals surface area contributed by atoms with Gasteiger partial charge in [0, 0.05) is 36.7 Å². The van der Waals surface area contributed by atoms with Gasteiger partial charge in [-0.2, -0.15) is 0 Å². The standard InChI is InChI=1S/C22H29N3O7S/c1-3-4-6-16(23-21(26)32-18-10-8-17(9-11-18)25(29)30)15-19(20-7-5-14-33-20)24(22(27)28)12-13-31-2/h5,7-11,14,16,19H,3-4,6,12-13,15H2,1-2H3,(H,23,26)(H,27,28)/t16-,19?/m0/s1. The van der Waals surface area contributed by atoms with E-state index in [9.17, 15) is 24.8 Å². The number of non-ortho nitro benzene ring substituents is 1. The minimum absolute atomic E-state index is 0.104. The first-order valence-electron chi connectivity index (χ1n) is 10.6. The van der Waals surface area contributed by atoms with Crippen molar-refractivity contribution in [2.45, 2.75) is 44.7 Å². The van der Waals surface area contributed by atoms with E-state index < -0.39 is 23.2 Å². The van der Waals surface area contributed by atoms with Crippen LogP contribution in [0, 0.1) is 10.1 Å². The molecule has 180 valence electrons. The van der Waals surface area contributed by atoms with Crippen LogP contribution in [-0.4, -0.2) is 53.4 Å². The summed E-state index contributed by atoms with van der Waals surface area (Å²) in [4.78, 5) is 37.0. The van der Waals surface area contributed by atoms with Crippen LogP contribution in [0.3, 0.4) is 0 Å². The van der Waals surface area contributed by atoms with E-state index in [0.717, 1.165) is 17.7 Å². The number of thiophene rings is 1. The van der Waals surface area contributed by atoms with Crippen LogP contribution in [-0.2, 0) is 4.74 Å². The molecule has 2 rings (SSSR count). The molecule has 1 heterocycles. The van der Waals surface area contributed by atoms with Crippen LogP contribution in [0.1, 0.15) is 43.5 Å². The Balaban J connectivity index is 2.15. The molecule has 0 saturated carbocycles. The van der Waals surface area contributed by atoms with E-state index in [1.807, 2.05) is 24.4 Å². The van der Waals surface area contributed by atoms with Gasteiger partial charge in [-0.15, -0.1) is 11.3 Å². The maximum Gasteiger partial charge on any atom is 0.412 e. The van der Waals surface area contributed by atoms with Crippen molar-refractivity contribution < 1.29 is 29.1 Å². The lowest BCUT2D eigenvalue weighted by Crippen LogP contribution is -2.42. The first-order chi connectivity index (χ1) is 15.8. The van der Waals surface area contributed by atoms with Gasteiger partial charge in [0.15, 0.2) is 0 Å². The Kier molecular flexibility index (Phi) is 10.6. The number of unbranched alkanes of at least 4 members (excludes halogenated alkanes) is 1. The SMILES string of the molecule is CCCC[C@@H](CC(c1cccs1)N(CCOC)C(=O)O)NC(=O)Oc1ccc([N+](=O)[O-])cc1. The molecule has 0 aliphatic rings. The summed E-state index contributed by atoms with van der Waals surface area (Å²) in [5, 5.41) is 25.3. The summed E-state index contributed by atoms with van der Waals surface area (Å²) in [5.41, 5.74) is -0.104. The third-order valence-electron chi connectivity index (χ3n) is 5.02. The van der Waals surface area contributed by atoms with Crippen LogP contribution >= 0.6 is 11.3 Å². The number of carbonyl (C=O) groups excluding carboxylic acids is 1. The maximum atomic E-state index is 12.5. The first-order valence-corrected chi connectivity index (χ1v) is 11.5. The molecular weight excluding hydrogens is 450 g/mol. The number of nitrogens with zero attached hydrogens (tertiary/aromatic N) is 2. The van der Waals surface area contributed by atoms with E-state index >= 15 is 0 Å². The smallest absolute Gasteiger partial charge is 0.412 e. The van der Waals surface area contributed by atoms with Crippen molar-refractivity contribution in [2.75, 3.05) is 20.3 Å². The molecule has 0 fully saturated rings. The monoisotopic (exact) mass is 479 g/mol. The number of carboxylic acid groups (broad SMARTS) is 1. The summed E-state index contributed by atoms with van der Waals surface area (Å²) in [6.45, 7) is 2.48. The number of methoxy groups -OCH3 is 1. The number of nitro benzene ring substituents is 1. The number of carbonyl (C=O) groups is 2. The zero-order valence-corrected chi connectivity index (χ0v) is 19.5. The van der Waals surface area contributed by atoms with Gasteiger partial charge >= 0.3 is 12.2 Å². The van der Waals surface area contributed by atoms with Crippen molar-refractivity contribution in [3.63, 3.8) is 0 Å². The highest BCUT2D eigenvalue weighted by Gasteiger charge is 2.29. The molecule has 0 saturated heterocycles. The molecule has 10 nitrogen and oxygen atoms in total. The molecule has 2 aromatic rings. The minimum Gasteiger partial charge on any atom is -0.465 e. The van der Waals surface area contributed by atoms with E-state index in [1.54, 1.807) is 0 Å². The topological polar surface area (TPSA) is 131 Å². The van der Waals surface area contributed by atoms with Crippen LogP contribution in [0.5, 0.6) is 5.75 Å². The number of ether oxygens (including phenoxy) is 2. The second-order valence-corrected chi connectivity index (χ2v) is 8.34. The first kappa shape index (κ1) is 26.1. The van der Waals surface area contributed by atoms with Gasteiger partial charge in [0.1, 0.15) is 5.75 Å². The fraction of sp³-hybridized carbons (Fsp3) is 0.455. The second-order valence-electron chi connectivity index (χ2n) is 7.36. The Labute approximate surface area is 196 Å². The highest BCUT2D eigenvalue weighted by atomic mass is 32.1. The summed E-state index contributed by atoms with van der Waals surface area (Å²) in [6, 6.07) is 8.15. The maximum absolute atomic E-state index is 12.5. The number of nitro groups is 1. The summed E-state index contributed by atoms with van der Waals surface area (Å²) < 4.78 is 10.4. The van der Waals surface area contributed by atoms with E-state index in [4.69, 9.17) is 9.47 Å². The third-order valence-corrected chi connectivity index (χ3v) is 6.00. The van der Waals surface area contributed by atoms with Gasteiger partial charge in [0.2, 0.25) is 0 Å². The lowest BCUT2D eigenvalue weighted by atomic mass is 9.99. The number of hydrogen-bond acceptors (Lipinski definition) is 7. The van der Waals surface area contributed by atoms with E-state index in [2.05, 4.69) is 5.32 Å². The number of hydrogen-bond donors (Lipinski definition) is 2. The Hall–Kier alpha value is -3.18. The quantitative estimate of drug-likeness (QED) is 0.303. The van der Waals surface area contributed by atoms with Gasteiger partial charge in [-0.25, -0.2) is 9.59 Å². The van der Waals surface area contributed by atoms with Gasteiger partial charge < -0.3 is 19.9 Å². The van der Waals surface area contributed by atoms with Crippen molar-refractivity contribution in [1.82, 2.24) is 10.2 Å². The van der Waals surface area contributed by atoms with Crippen molar-refractivity contribution >= 4 is 29.2 Å². The van der Waals surface area contributed by atoms with Crippen LogP contribution in [0.4, 0.5) is 15.3 Å².